The molecule has 1 aliphatic rings. The monoisotopic (exact) mass is 263 g/mol. The standard InChI is InChI=1S/C13H14ClN3O/c14-9-1-3-10(4-2-9)17-13-7-16-6-5-11(13)12(15)8-18/h1-4,8,16H,5-7,15H2/b12-11-,17-13?. The van der Waals surface area contributed by atoms with Crippen LogP contribution in [0.5, 0.6) is 0 Å². The zero-order valence-corrected chi connectivity index (χ0v) is 10.6. The van der Waals surface area contributed by atoms with Gasteiger partial charge in [0.25, 0.3) is 0 Å². The van der Waals surface area contributed by atoms with Crippen molar-refractivity contribution < 1.29 is 4.79 Å². The molecule has 5 heteroatoms. The van der Waals surface area contributed by atoms with Crippen LogP contribution in [0.4, 0.5) is 5.69 Å². The Morgan fingerprint density at radius 2 is 2.11 bits per heavy atom. The maximum absolute atomic E-state index is 10.8. The number of nitrogens with zero attached hydrogens (tertiary/aromatic N) is 1. The van der Waals surface area contributed by atoms with E-state index >= 15 is 0 Å². The predicted molar refractivity (Wildman–Crippen MR) is 73.3 cm³/mol. The fourth-order valence-electron chi connectivity index (χ4n) is 1.83. The van der Waals surface area contributed by atoms with Crippen LogP contribution in [0, 0.1) is 0 Å². The molecule has 0 aliphatic carbocycles. The van der Waals surface area contributed by atoms with E-state index in [9.17, 15) is 4.79 Å². The van der Waals surface area contributed by atoms with Gasteiger partial charge in [-0.15, -0.1) is 0 Å². The predicted octanol–water partition coefficient (Wildman–Crippen LogP) is 1.82. The molecule has 0 atom stereocenters. The number of aldehydes is 1. The molecule has 1 aliphatic heterocycles. The number of rotatable bonds is 2. The first-order chi connectivity index (χ1) is 8.70. The molecular weight excluding hydrogens is 250 g/mol. The molecule has 0 spiro atoms. The van der Waals surface area contributed by atoms with Crippen LogP contribution >= 0.6 is 11.6 Å². The molecule has 0 aromatic heterocycles. The van der Waals surface area contributed by atoms with Gasteiger partial charge in [-0.2, -0.15) is 0 Å². The van der Waals surface area contributed by atoms with Gasteiger partial charge in [0.2, 0.25) is 0 Å². The molecule has 0 amide bonds. The number of nitrogens with one attached hydrogen (secondary N) is 1. The first-order valence-electron chi connectivity index (χ1n) is 5.68. The van der Waals surface area contributed by atoms with Crippen molar-refractivity contribution >= 4 is 29.3 Å². The Morgan fingerprint density at radius 3 is 2.78 bits per heavy atom. The topological polar surface area (TPSA) is 67.5 Å². The van der Waals surface area contributed by atoms with Gasteiger partial charge >= 0.3 is 0 Å². The van der Waals surface area contributed by atoms with E-state index in [1.54, 1.807) is 12.1 Å². The quantitative estimate of drug-likeness (QED) is 0.632. The first kappa shape index (κ1) is 12.8. The molecule has 2 rings (SSSR count). The summed E-state index contributed by atoms with van der Waals surface area (Å²) in [6.07, 6.45) is 1.40. The van der Waals surface area contributed by atoms with E-state index in [2.05, 4.69) is 10.3 Å². The number of aliphatic imine (C=N–C) groups is 1. The minimum Gasteiger partial charge on any atom is -0.396 e. The highest BCUT2D eigenvalue weighted by Crippen LogP contribution is 2.19. The van der Waals surface area contributed by atoms with E-state index in [1.165, 1.54) is 0 Å². The SMILES string of the molecule is N/C(C=O)=C1/CCNCC1=Nc1ccc(Cl)cc1. The lowest BCUT2D eigenvalue weighted by Crippen LogP contribution is -2.33. The summed E-state index contributed by atoms with van der Waals surface area (Å²) in [5.74, 6) is 0. The van der Waals surface area contributed by atoms with Crippen LogP contribution in [0.3, 0.4) is 0 Å². The molecule has 18 heavy (non-hydrogen) atoms. The van der Waals surface area contributed by atoms with Crippen LogP contribution < -0.4 is 11.1 Å². The van der Waals surface area contributed by atoms with E-state index in [0.29, 0.717) is 17.9 Å². The Bertz CT molecular complexity index is 505. The van der Waals surface area contributed by atoms with Crippen LogP contribution in [0.1, 0.15) is 6.42 Å². The average Bonchev–Trinajstić information content (AvgIpc) is 2.41. The van der Waals surface area contributed by atoms with Gasteiger partial charge in [0.05, 0.1) is 17.1 Å². The Hall–Kier alpha value is -1.65. The normalized spacial score (nSPS) is 20.8. The first-order valence-corrected chi connectivity index (χ1v) is 6.06. The van der Waals surface area contributed by atoms with Crippen molar-refractivity contribution in [2.75, 3.05) is 13.1 Å². The number of halogens is 1. The van der Waals surface area contributed by atoms with Crippen molar-refractivity contribution in [2.24, 2.45) is 10.7 Å². The lowest BCUT2D eigenvalue weighted by Gasteiger charge is -2.19. The second-order valence-electron chi connectivity index (χ2n) is 4.01. The van der Waals surface area contributed by atoms with Gasteiger partial charge in [-0.25, -0.2) is 0 Å². The second-order valence-corrected chi connectivity index (χ2v) is 4.45. The number of carbonyl (C=O) groups is 1. The summed E-state index contributed by atoms with van der Waals surface area (Å²) in [7, 11) is 0. The summed E-state index contributed by atoms with van der Waals surface area (Å²) in [6.45, 7) is 1.43. The Morgan fingerprint density at radius 1 is 1.39 bits per heavy atom. The molecule has 1 heterocycles. The van der Waals surface area contributed by atoms with E-state index in [1.807, 2.05) is 12.1 Å². The minimum atomic E-state index is 0.268. The smallest absolute Gasteiger partial charge is 0.166 e. The average molecular weight is 264 g/mol. The van der Waals surface area contributed by atoms with Crippen molar-refractivity contribution in [1.29, 1.82) is 0 Å². The largest absolute Gasteiger partial charge is 0.396 e. The molecule has 1 fully saturated rings. The van der Waals surface area contributed by atoms with Crippen LogP contribution in [-0.2, 0) is 4.79 Å². The third-order valence-electron chi connectivity index (χ3n) is 2.76. The number of allylic oxidation sites excluding steroid dienone is 1. The van der Waals surface area contributed by atoms with E-state index in [-0.39, 0.29) is 5.70 Å². The van der Waals surface area contributed by atoms with Gasteiger partial charge in [-0.1, -0.05) is 11.6 Å². The lowest BCUT2D eigenvalue weighted by atomic mass is 10.0. The van der Waals surface area contributed by atoms with Crippen molar-refractivity contribution in [2.45, 2.75) is 6.42 Å². The van der Waals surface area contributed by atoms with Gasteiger partial charge in [-0.05, 0) is 37.2 Å². The number of hydrogen-bond acceptors (Lipinski definition) is 4. The summed E-state index contributed by atoms with van der Waals surface area (Å²) in [5, 5.41) is 3.88. The Balaban J connectivity index is 2.34. The molecule has 1 saturated heterocycles. The Labute approximate surface area is 111 Å². The van der Waals surface area contributed by atoms with Crippen molar-refractivity contribution in [3.8, 4) is 0 Å². The van der Waals surface area contributed by atoms with E-state index in [0.717, 1.165) is 29.9 Å². The molecule has 0 bridgehead atoms. The number of piperidine rings is 1. The number of carbonyl (C=O) groups excluding carboxylic acids is 1. The lowest BCUT2D eigenvalue weighted by molar-refractivity contribution is -0.105. The fraction of sp³-hybridized carbons (Fsp3) is 0.231. The summed E-state index contributed by atoms with van der Waals surface area (Å²) >= 11 is 5.82. The summed E-state index contributed by atoms with van der Waals surface area (Å²) in [4.78, 5) is 15.3. The van der Waals surface area contributed by atoms with Crippen molar-refractivity contribution in [1.82, 2.24) is 5.32 Å². The third kappa shape index (κ3) is 2.97. The number of benzene rings is 1. The molecule has 1 aromatic carbocycles. The molecule has 3 N–H and O–H groups in total. The molecule has 0 radical (unpaired) electrons. The van der Waals surface area contributed by atoms with Gasteiger partial charge in [0.1, 0.15) is 0 Å². The van der Waals surface area contributed by atoms with Crippen LogP contribution in [-0.4, -0.2) is 25.1 Å². The van der Waals surface area contributed by atoms with Crippen molar-refractivity contribution in [3.63, 3.8) is 0 Å². The molecule has 0 saturated carbocycles. The summed E-state index contributed by atoms with van der Waals surface area (Å²) in [5.41, 5.74) is 8.41. The minimum absolute atomic E-state index is 0.268. The molecule has 4 nitrogen and oxygen atoms in total. The molecule has 94 valence electrons. The van der Waals surface area contributed by atoms with E-state index in [4.69, 9.17) is 17.3 Å². The van der Waals surface area contributed by atoms with Crippen LogP contribution in [0.2, 0.25) is 5.02 Å². The van der Waals surface area contributed by atoms with Gasteiger partial charge < -0.3 is 11.1 Å². The molecule has 0 unspecified atom stereocenters. The maximum atomic E-state index is 10.8. The molecule has 1 aromatic rings. The van der Waals surface area contributed by atoms with E-state index < -0.39 is 0 Å². The maximum Gasteiger partial charge on any atom is 0.166 e. The number of nitrogens with two attached hydrogens (primary N) is 1. The Kier molecular flexibility index (Phi) is 4.12. The van der Waals surface area contributed by atoms with Gasteiger partial charge in [0, 0.05) is 17.1 Å². The second kappa shape index (κ2) is 5.80. The summed E-state index contributed by atoms with van der Waals surface area (Å²) < 4.78 is 0. The van der Waals surface area contributed by atoms with Gasteiger partial charge in [-0.3, -0.25) is 9.79 Å². The zero-order valence-electron chi connectivity index (χ0n) is 9.82. The fourth-order valence-corrected chi connectivity index (χ4v) is 1.96. The zero-order chi connectivity index (χ0) is 13.0. The third-order valence-corrected chi connectivity index (χ3v) is 3.01. The highest BCUT2D eigenvalue weighted by atomic mass is 35.5. The van der Waals surface area contributed by atoms with Crippen LogP contribution in [0.15, 0.2) is 40.5 Å². The number of hydrogen-bond donors (Lipinski definition) is 2. The molecular formula is C13H14ClN3O. The van der Waals surface area contributed by atoms with Crippen LogP contribution in [0.25, 0.3) is 0 Å². The van der Waals surface area contributed by atoms with Crippen molar-refractivity contribution in [3.05, 3.63) is 40.6 Å². The summed E-state index contributed by atoms with van der Waals surface area (Å²) in [6, 6.07) is 7.23. The highest BCUT2D eigenvalue weighted by molar-refractivity contribution is 6.30. The van der Waals surface area contributed by atoms with Gasteiger partial charge in [0.15, 0.2) is 6.29 Å². The highest BCUT2D eigenvalue weighted by Gasteiger charge is 2.15.